The van der Waals surface area contributed by atoms with Gasteiger partial charge in [0.15, 0.2) is 0 Å². The molecule has 2 N–H and O–H groups in total. The number of nitrogens with zero attached hydrogens (tertiary/aromatic N) is 1. The zero-order chi connectivity index (χ0) is 15.5. The van der Waals surface area contributed by atoms with Crippen molar-refractivity contribution in [3.8, 4) is 0 Å². The van der Waals surface area contributed by atoms with E-state index >= 15 is 0 Å². The second-order valence-electron chi connectivity index (χ2n) is 5.43. The molecule has 1 saturated carbocycles. The van der Waals surface area contributed by atoms with Crippen LogP contribution in [0.2, 0.25) is 0 Å². The molecular weight excluding hydrogens is 288 g/mol. The van der Waals surface area contributed by atoms with Crippen molar-refractivity contribution < 1.29 is 13.2 Å². The smallest absolute Gasteiger partial charge is 0.243 e. The lowest BCUT2D eigenvalue weighted by Gasteiger charge is -2.22. The van der Waals surface area contributed by atoms with Gasteiger partial charge in [0.2, 0.25) is 10.0 Å². The molecular formula is C15H24N2O3S. The zero-order valence-electron chi connectivity index (χ0n) is 12.7. The van der Waals surface area contributed by atoms with Gasteiger partial charge in [-0.05, 0) is 37.0 Å². The van der Waals surface area contributed by atoms with Crippen molar-refractivity contribution in [2.45, 2.75) is 43.2 Å². The van der Waals surface area contributed by atoms with E-state index in [9.17, 15) is 8.42 Å². The van der Waals surface area contributed by atoms with Crippen molar-refractivity contribution in [2.75, 3.05) is 20.3 Å². The molecule has 0 heterocycles. The summed E-state index contributed by atoms with van der Waals surface area (Å²) in [7, 11) is -1.89. The summed E-state index contributed by atoms with van der Waals surface area (Å²) >= 11 is 0. The van der Waals surface area contributed by atoms with Gasteiger partial charge < -0.3 is 10.5 Å². The highest BCUT2D eigenvalue weighted by Gasteiger charge is 2.37. The fourth-order valence-corrected chi connectivity index (χ4v) is 4.04. The fraction of sp³-hybridized carbons (Fsp3) is 0.600. The number of sulfonamides is 1. The fourth-order valence-electron chi connectivity index (χ4n) is 2.32. The highest BCUT2D eigenvalue weighted by atomic mass is 32.2. The average molecular weight is 312 g/mol. The minimum absolute atomic E-state index is 0.119. The van der Waals surface area contributed by atoms with Gasteiger partial charge >= 0.3 is 0 Å². The molecule has 1 aliphatic rings. The van der Waals surface area contributed by atoms with E-state index < -0.39 is 10.0 Å². The first-order valence-electron chi connectivity index (χ1n) is 7.37. The number of methoxy groups -OCH3 is 1. The third-order valence-electron chi connectivity index (χ3n) is 3.80. The van der Waals surface area contributed by atoms with Crippen molar-refractivity contribution in [1.82, 2.24) is 4.31 Å². The molecule has 1 unspecified atom stereocenters. The van der Waals surface area contributed by atoms with E-state index in [1.807, 2.05) is 13.0 Å². The molecule has 5 nitrogen and oxygen atoms in total. The molecule has 118 valence electrons. The first-order chi connectivity index (χ1) is 10.0. The molecule has 0 aromatic heterocycles. The summed E-state index contributed by atoms with van der Waals surface area (Å²) in [4.78, 5) is 0.326. The Balaban J connectivity index is 2.28. The molecule has 0 radical (unpaired) electrons. The van der Waals surface area contributed by atoms with Crippen molar-refractivity contribution in [1.29, 1.82) is 0 Å². The molecule has 1 aromatic carbocycles. The van der Waals surface area contributed by atoms with E-state index in [0.29, 0.717) is 18.0 Å². The van der Waals surface area contributed by atoms with E-state index in [2.05, 4.69) is 0 Å². The quantitative estimate of drug-likeness (QED) is 0.795. The number of hydrogen-bond donors (Lipinski definition) is 1. The van der Waals surface area contributed by atoms with E-state index in [-0.39, 0.29) is 12.1 Å². The lowest BCUT2D eigenvalue weighted by Crippen LogP contribution is -2.35. The molecule has 0 saturated heterocycles. The molecule has 1 atom stereocenters. The number of nitrogens with two attached hydrogens (primary N) is 1. The molecule has 1 aliphatic carbocycles. The summed E-state index contributed by atoms with van der Waals surface area (Å²) in [6, 6.07) is 6.97. The molecule has 0 amide bonds. The van der Waals surface area contributed by atoms with Crippen LogP contribution in [0.4, 0.5) is 0 Å². The Labute approximate surface area is 127 Å². The monoisotopic (exact) mass is 312 g/mol. The second kappa shape index (κ2) is 6.87. The van der Waals surface area contributed by atoms with E-state index in [4.69, 9.17) is 10.5 Å². The van der Waals surface area contributed by atoms with Crippen LogP contribution >= 0.6 is 0 Å². The van der Waals surface area contributed by atoms with Crippen LogP contribution in [-0.2, 0) is 14.8 Å². The van der Waals surface area contributed by atoms with Gasteiger partial charge in [0.05, 0.1) is 11.5 Å². The summed E-state index contributed by atoms with van der Waals surface area (Å²) in [5.74, 6) is 0. The van der Waals surface area contributed by atoms with Crippen LogP contribution in [0.15, 0.2) is 29.2 Å². The summed E-state index contributed by atoms with van der Waals surface area (Å²) in [5, 5.41) is 0. The summed E-state index contributed by atoms with van der Waals surface area (Å²) in [5.41, 5.74) is 6.87. The van der Waals surface area contributed by atoms with Crippen LogP contribution in [0.3, 0.4) is 0 Å². The number of benzene rings is 1. The van der Waals surface area contributed by atoms with E-state index in [1.54, 1.807) is 29.6 Å². The van der Waals surface area contributed by atoms with Crippen LogP contribution in [0, 0.1) is 0 Å². The first-order valence-corrected chi connectivity index (χ1v) is 8.81. The van der Waals surface area contributed by atoms with Crippen molar-refractivity contribution >= 4 is 10.0 Å². The normalized spacial score (nSPS) is 17.1. The molecule has 0 aliphatic heterocycles. The molecule has 1 fully saturated rings. The average Bonchev–Trinajstić information content (AvgIpc) is 3.31. The Morgan fingerprint density at radius 3 is 2.71 bits per heavy atom. The molecule has 0 spiro atoms. The van der Waals surface area contributed by atoms with E-state index in [0.717, 1.165) is 24.8 Å². The van der Waals surface area contributed by atoms with Crippen molar-refractivity contribution in [3.05, 3.63) is 29.8 Å². The van der Waals surface area contributed by atoms with Crippen molar-refractivity contribution in [3.63, 3.8) is 0 Å². The summed E-state index contributed by atoms with van der Waals surface area (Å²) in [6.45, 7) is 2.79. The van der Waals surface area contributed by atoms with Gasteiger partial charge in [0.1, 0.15) is 0 Å². The van der Waals surface area contributed by atoms with Crippen LogP contribution in [-0.4, -0.2) is 39.0 Å². The lowest BCUT2D eigenvalue weighted by atomic mass is 10.1. The minimum atomic E-state index is -3.48. The molecule has 6 heteroatoms. The van der Waals surface area contributed by atoms with Gasteiger partial charge in [0, 0.05) is 25.7 Å². The maximum Gasteiger partial charge on any atom is 0.243 e. The predicted octanol–water partition coefficient (Wildman–Crippen LogP) is 1.90. The lowest BCUT2D eigenvalue weighted by molar-refractivity contribution is 0.177. The maximum atomic E-state index is 12.8. The molecule has 1 aromatic rings. The Morgan fingerprint density at radius 2 is 2.14 bits per heavy atom. The number of rotatable bonds is 8. The predicted molar refractivity (Wildman–Crippen MR) is 82.5 cm³/mol. The largest absolute Gasteiger partial charge is 0.383 e. The van der Waals surface area contributed by atoms with E-state index in [1.165, 1.54) is 0 Å². The standard InChI is InChI=1S/C15H24N2O3S/c1-3-15(16)12-5-4-6-14(11-12)21(18,19)17(9-10-20-2)13-7-8-13/h4-6,11,13,15H,3,7-10,16H2,1-2H3. The SMILES string of the molecule is CCC(N)c1cccc(S(=O)(=O)N(CCOC)C2CC2)c1. The van der Waals surface area contributed by atoms with Crippen molar-refractivity contribution in [2.24, 2.45) is 5.73 Å². The highest BCUT2D eigenvalue weighted by molar-refractivity contribution is 7.89. The van der Waals surface area contributed by atoms with Gasteiger partial charge in [-0.2, -0.15) is 4.31 Å². The highest BCUT2D eigenvalue weighted by Crippen LogP contribution is 2.32. The maximum absolute atomic E-state index is 12.8. The Bertz CT molecular complexity index is 570. The summed E-state index contributed by atoms with van der Waals surface area (Å²) < 4.78 is 32.2. The van der Waals surface area contributed by atoms with Gasteiger partial charge in [-0.3, -0.25) is 0 Å². The topological polar surface area (TPSA) is 72.6 Å². The van der Waals surface area contributed by atoms with Gasteiger partial charge in [-0.25, -0.2) is 8.42 Å². The number of ether oxygens (including phenoxy) is 1. The third kappa shape index (κ3) is 3.83. The second-order valence-corrected chi connectivity index (χ2v) is 7.32. The van der Waals surface area contributed by atoms with Gasteiger partial charge in [0.25, 0.3) is 0 Å². The molecule has 2 rings (SSSR count). The minimum Gasteiger partial charge on any atom is -0.383 e. The molecule has 0 bridgehead atoms. The van der Waals surface area contributed by atoms with Gasteiger partial charge in [-0.15, -0.1) is 0 Å². The van der Waals surface area contributed by atoms with Crippen LogP contribution in [0.25, 0.3) is 0 Å². The first kappa shape index (κ1) is 16.4. The zero-order valence-corrected chi connectivity index (χ0v) is 13.5. The Hall–Kier alpha value is -0.950. The van der Waals surface area contributed by atoms with Gasteiger partial charge in [-0.1, -0.05) is 19.1 Å². The van der Waals surface area contributed by atoms with Crippen LogP contribution in [0.1, 0.15) is 37.8 Å². The molecule has 21 heavy (non-hydrogen) atoms. The number of hydrogen-bond acceptors (Lipinski definition) is 4. The van der Waals surface area contributed by atoms with Crippen LogP contribution in [0.5, 0.6) is 0 Å². The third-order valence-corrected chi connectivity index (χ3v) is 5.75. The van der Waals surface area contributed by atoms with Crippen LogP contribution < -0.4 is 5.73 Å². The Kier molecular flexibility index (Phi) is 5.37. The Morgan fingerprint density at radius 1 is 1.43 bits per heavy atom. The summed E-state index contributed by atoms with van der Waals surface area (Å²) in [6.07, 6.45) is 2.63.